The predicted octanol–water partition coefficient (Wildman–Crippen LogP) is 3.37. The van der Waals surface area contributed by atoms with E-state index < -0.39 is 12.4 Å². The molecule has 0 atom stereocenters. The lowest BCUT2D eigenvalue weighted by Gasteiger charge is -2.20. The van der Waals surface area contributed by atoms with Crippen molar-refractivity contribution in [3.63, 3.8) is 0 Å². The molecule has 0 N–H and O–H groups in total. The Morgan fingerprint density at radius 3 is 1.64 bits per heavy atom. The van der Waals surface area contributed by atoms with Gasteiger partial charge in [-0.1, -0.05) is 27.7 Å². The molecule has 0 spiro atoms. The second kappa shape index (κ2) is 2.91. The number of hydrogen-bond donors (Lipinski definition) is 0. The van der Waals surface area contributed by atoms with Gasteiger partial charge in [0.15, 0.2) is 0 Å². The molecule has 0 aliphatic rings. The third-order valence-corrected chi connectivity index (χ3v) is 1.18. The van der Waals surface area contributed by atoms with E-state index in [-0.39, 0.29) is 5.41 Å². The molecular weight excluding hydrogens is 152 g/mol. The van der Waals surface area contributed by atoms with Crippen LogP contribution in [0.4, 0.5) is 12.9 Å². The fourth-order valence-corrected chi connectivity index (χ4v) is 0.778. The van der Waals surface area contributed by atoms with Crippen molar-refractivity contribution in [3.8, 4) is 0 Å². The molecule has 0 fully saturated rings. The normalized spacial score (nSPS) is 15.4. The molecule has 0 amide bonds. The largest absolute Gasteiger partial charge is 0.505 e. The molecule has 0 aromatic rings. The van der Waals surface area contributed by atoms with E-state index in [2.05, 4.69) is 0 Å². The number of allylic oxidation sites excluding steroid dienone is 2. The molecule has 11 heavy (non-hydrogen) atoms. The molecule has 0 unspecified atom stereocenters. The van der Waals surface area contributed by atoms with Crippen molar-refractivity contribution < 1.29 is 12.9 Å². The van der Waals surface area contributed by atoms with Crippen LogP contribution >= 0.6 is 0 Å². The average Bonchev–Trinajstić information content (AvgIpc) is 1.56. The summed E-state index contributed by atoms with van der Waals surface area (Å²) in [7, 11) is 0. The highest BCUT2D eigenvalue weighted by atomic mass is 19.4. The topological polar surface area (TPSA) is 0 Å². The monoisotopic (exact) mass is 165 g/mol. The lowest BCUT2D eigenvalue weighted by Crippen LogP contribution is -2.19. The summed E-state index contributed by atoms with van der Waals surface area (Å²) in [6.45, 7) is 1.59. The van der Waals surface area contributed by atoms with Crippen LogP contribution in [0.1, 0.15) is 27.7 Å². The Labute approximate surface area is 65.5 Å². The second-order valence-electron chi connectivity index (χ2n) is 3.83. The van der Waals surface area contributed by atoms with Crippen LogP contribution in [0, 0.1) is 5.41 Å². The zero-order valence-corrected chi connectivity index (χ0v) is 7.29. The molecule has 0 aromatic heterocycles. The van der Waals surface area contributed by atoms with E-state index in [1.807, 2.05) is 0 Å². The number of halogens is 3. The van der Waals surface area contributed by atoms with Gasteiger partial charge in [0, 0.05) is 0 Å². The Kier molecular flexibility index (Phi) is 2.81. The summed E-state index contributed by atoms with van der Waals surface area (Å²) in [5.74, 6) is 0. The molecule has 0 aliphatic heterocycles. The van der Waals surface area contributed by atoms with Crippen LogP contribution in [0.15, 0.2) is 11.5 Å². The van der Waals surface area contributed by atoms with Crippen molar-refractivity contribution in [1.82, 2.24) is 0 Å². The lowest BCUT2D eigenvalue weighted by molar-refractivity contribution is 0.481. The molecule has 0 rings (SSSR count). The zero-order valence-electron chi connectivity index (χ0n) is 7.29. The van der Waals surface area contributed by atoms with E-state index in [1.54, 1.807) is 20.8 Å². The molecule has 0 aliphatic carbocycles. The van der Waals surface area contributed by atoms with Gasteiger partial charge < -0.3 is 12.9 Å². The van der Waals surface area contributed by atoms with Crippen molar-refractivity contribution in [3.05, 3.63) is 11.5 Å². The molecule has 66 valence electrons. The number of hydrogen-bond acceptors (Lipinski definition) is 0. The van der Waals surface area contributed by atoms with Gasteiger partial charge in [0.1, 0.15) is 0 Å². The van der Waals surface area contributed by atoms with Gasteiger partial charge in [0.25, 0.3) is 0 Å². The van der Waals surface area contributed by atoms with E-state index >= 15 is 0 Å². The highest BCUT2D eigenvalue weighted by Crippen LogP contribution is 2.25. The van der Waals surface area contributed by atoms with Gasteiger partial charge in [-0.25, -0.2) is 0 Å². The Hall–Kier alpha value is -0.405. The Morgan fingerprint density at radius 1 is 1.18 bits per heavy atom. The lowest BCUT2D eigenvalue weighted by atomic mass is 9.76. The summed E-state index contributed by atoms with van der Waals surface area (Å²) in [5.41, 5.74) is -0.848. The average molecular weight is 165 g/mol. The first-order chi connectivity index (χ1) is 4.63. The van der Waals surface area contributed by atoms with E-state index in [0.717, 1.165) is 6.92 Å². The third kappa shape index (κ3) is 4.93. The van der Waals surface area contributed by atoms with Crippen molar-refractivity contribution in [2.24, 2.45) is 5.41 Å². The summed E-state index contributed by atoms with van der Waals surface area (Å²) in [6.07, 6.45) is 1.26. The maximum absolute atomic E-state index is 12.0. The van der Waals surface area contributed by atoms with Crippen LogP contribution in [0.25, 0.3) is 0 Å². The van der Waals surface area contributed by atoms with E-state index in [4.69, 9.17) is 0 Å². The summed E-state index contributed by atoms with van der Waals surface area (Å²) in [5, 5.41) is 0. The molecule has 0 nitrogen and oxygen atoms in total. The maximum atomic E-state index is 12.0. The van der Waals surface area contributed by atoms with Crippen LogP contribution < -0.4 is 0 Å². The molecule has 0 saturated carbocycles. The first-order valence-corrected chi connectivity index (χ1v) is 3.52. The first kappa shape index (κ1) is 10.6. The third-order valence-electron chi connectivity index (χ3n) is 1.18. The Balaban J connectivity index is 4.49. The van der Waals surface area contributed by atoms with Crippen molar-refractivity contribution in [1.29, 1.82) is 0 Å². The van der Waals surface area contributed by atoms with E-state index in [1.165, 1.54) is 6.08 Å². The fraction of sp³-hybridized carbons (Fsp3) is 0.714. The maximum Gasteiger partial charge on any atom is 0.505 e. The molecular formula is C7H13BF3-. The van der Waals surface area contributed by atoms with Crippen LogP contribution in [0.5, 0.6) is 0 Å². The Bertz CT molecular complexity index is 162. The standard InChI is InChI=1S/C7H13BF3/c1-6(8(9,10)11)5-7(2,3)4/h5H,1-4H3/q-1. The van der Waals surface area contributed by atoms with Crippen molar-refractivity contribution in [2.75, 3.05) is 0 Å². The molecule has 0 bridgehead atoms. The molecule has 0 radical (unpaired) electrons. The minimum atomic E-state index is -4.77. The molecule has 0 aromatic carbocycles. The highest BCUT2D eigenvalue weighted by molar-refractivity contribution is 6.66. The Morgan fingerprint density at radius 2 is 1.55 bits per heavy atom. The molecule has 0 heterocycles. The molecule has 0 saturated heterocycles. The summed E-state index contributed by atoms with van der Waals surface area (Å²) < 4.78 is 35.9. The first-order valence-electron chi connectivity index (χ1n) is 3.52. The second-order valence-corrected chi connectivity index (χ2v) is 3.83. The summed E-state index contributed by atoms with van der Waals surface area (Å²) in [6, 6.07) is 0. The van der Waals surface area contributed by atoms with Gasteiger partial charge in [-0.05, 0) is 5.41 Å². The summed E-state index contributed by atoms with van der Waals surface area (Å²) in [4.78, 5) is 0. The van der Waals surface area contributed by atoms with Crippen molar-refractivity contribution >= 4 is 6.98 Å². The fourth-order valence-electron chi connectivity index (χ4n) is 0.778. The van der Waals surface area contributed by atoms with Crippen molar-refractivity contribution in [2.45, 2.75) is 27.7 Å². The van der Waals surface area contributed by atoms with Gasteiger partial charge in [0.2, 0.25) is 0 Å². The highest BCUT2D eigenvalue weighted by Gasteiger charge is 2.25. The van der Waals surface area contributed by atoms with Crippen LogP contribution in [-0.2, 0) is 0 Å². The smallest absolute Gasteiger partial charge is 0.445 e. The SMILES string of the molecule is CC(=CC(C)(C)C)[B-](F)(F)F. The van der Waals surface area contributed by atoms with Gasteiger partial charge in [0.05, 0.1) is 0 Å². The van der Waals surface area contributed by atoms with E-state index in [9.17, 15) is 12.9 Å². The predicted molar refractivity (Wildman–Crippen MR) is 42.3 cm³/mol. The summed E-state index contributed by atoms with van der Waals surface area (Å²) >= 11 is 0. The van der Waals surface area contributed by atoms with Crippen LogP contribution in [-0.4, -0.2) is 6.98 Å². The van der Waals surface area contributed by atoms with Crippen LogP contribution in [0.2, 0.25) is 0 Å². The van der Waals surface area contributed by atoms with Gasteiger partial charge in [-0.15, -0.1) is 11.5 Å². The minimum absolute atomic E-state index is 0.388. The van der Waals surface area contributed by atoms with Gasteiger partial charge >= 0.3 is 6.98 Å². The van der Waals surface area contributed by atoms with Crippen LogP contribution in [0.3, 0.4) is 0 Å². The quantitative estimate of drug-likeness (QED) is 0.522. The minimum Gasteiger partial charge on any atom is -0.445 e. The van der Waals surface area contributed by atoms with E-state index in [0.29, 0.717) is 0 Å². The van der Waals surface area contributed by atoms with Gasteiger partial charge in [-0.3, -0.25) is 0 Å². The van der Waals surface area contributed by atoms with Gasteiger partial charge in [-0.2, -0.15) is 0 Å². The number of rotatable bonds is 1. The zero-order chi connectivity index (χ0) is 9.28. The molecule has 4 heteroatoms.